The van der Waals surface area contributed by atoms with Gasteiger partial charge >= 0.3 is 5.97 Å². The molecule has 1 aromatic rings. The van der Waals surface area contributed by atoms with Gasteiger partial charge in [0.1, 0.15) is 11.9 Å². The summed E-state index contributed by atoms with van der Waals surface area (Å²) in [4.78, 5) is 16.0. The lowest BCUT2D eigenvalue weighted by Crippen LogP contribution is -2.60. The van der Waals surface area contributed by atoms with Gasteiger partial charge < -0.3 is 9.84 Å². The molecule has 1 aromatic carbocycles. The topological polar surface area (TPSA) is 49.8 Å². The number of aromatic hydroxyl groups is 1. The van der Waals surface area contributed by atoms with Crippen molar-refractivity contribution in [2.75, 3.05) is 7.05 Å². The van der Waals surface area contributed by atoms with Gasteiger partial charge in [0.05, 0.1) is 5.92 Å². The summed E-state index contributed by atoms with van der Waals surface area (Å²) in [6, 6.07) is 4.11. The number of hydrogen-bond donors (Lipinski definition) is 1. The monoisotopic (exact) mass is 485 g/mol. The normalized spacial score (nSPS) is 19.4. The minimum Gasteiger partial charge on any atom is -0.507 e. The standard InChI is InChI=1S/C31H51NO3/c1-12-14-15-23(28(34)35-24-19-30(7,8)32(11)31(9,10)20-24)16-22-17-25(21(3)13-2)27(33)26(18-22)29(4,5)6/h17-18,23-24,33H,3,12-16,19-20H2,1-2,4-11H3. The Balaban J connectivity index is 2.35. The maximum atomic E-state index is 13.5. The number of rotatable bonds is 9. The van der Waals surface area contributed by atoms with Crippen molar-refractivity contribution < 1.29 is 14.6 Å². The van der Waals surface area contributed by atoms with E-state index in [1.807, 2.05) is 6.07 Å². The smallest absolute Gasteiger partial charge is 0.309 e. The third-order valence-electron chi connectivity index (χ3n) is 8.06. The van der Waals surface area contributed by atoms with E-state index in [1.165, 1.54) is 0 Å². The summed E-state index contributed by atoms with van der Waals surface area (Å²) >= 11 is 0. The quantitative estimate of drug-likeness (QED) is 0.365. The van der Waals surface area contributed by atoms with E-state index >= 15 is 0 Å². The zero-order chi connectivity index (χ0) is 26.8. The van der Waals surface area contributed by atoms with Crippen LogP contribution in [-0.2, 0) is 21.4 Å². The Hall–Kier alpha value is -1.81. The second-order valence-electron chi connectivity index (χ2n) is 12.9. The number of esters is 1. The highest BCUT2D eigenvalue weighted by Gasteiger charge is 2.44. The molecule has 0 bridgehead atoms. The summed E-state index contributed by atoms with van der Waals surface area (Å²) in [6.45, 7) is 23.7. The lowest BCUT2D eigenvalue weighted by atomic mass is 9.78. The number of allylic oxidation sites excluding steroid dienone is 1. The summed E-state index contributed by atoms with van der Waals surface area (Å²) in [5, 5.41) is 11.0. The number of likely N-dealkylation sites (tertiary alicyclic amines) is 1. The Morgan fingerprint density at radius 1 is 1.17 bits per heavy atom. The Bertz CT molecular complexity index is 889. The first-order chi connectivity index (χ1) is 16.0. The van der Waals surface area contributed by atoms with Crippen molar-refractivity contribution in [2.45, 2.75) is 130 Å². The molecule has 1 fully saturated rings. The third-order valence-corrected chi connectivity index (χ3v) is 8.06. The fourth-order valence-corrected chi connectivity index (χ4v) is 5.51. The van der Waals surface area contributed by atoms with Crippen molar-refractivity contribution in [2.24, 2.45) is 5.92 Å². The lowest BCUT2D eigenvalue weighted by molar-refractivity contribution is -0.164. The lowest BCUT2D eigenvalue weighted by Gasteiger charge is -2.53. The minimum atomic E-state index is -0.215. The van der Waals surface area contributed by atoms with E-state index in [-0.39, 0.29) is 34.5 Å². The van der Waals surface area contributed by atoms with E-state index in [4.69, 9.17) is 4.74 Å². The predicted molar refractivity (Wildman–Crippen MR) is 148 cm³/mol. The number of nitrogens with zero attached hydrogens (tertiary/aromatic N) is 1. The molecule has 1 heterocycles. The van der Waals surface area contributed by atoms with Gasteiger partial charge in [-0.05, 0) is 76.6 Å². The van der Waals surface area contributed by atoms with Crippen LogP contribution < -0.4 is 0 Å². The van der Waals surface area contributed by atoms with Crippen LogP contribution in [0.2, 0.25) is 0 Å². The van der Waals surface area contributed by atoms with E-state index in [2.05, 4.69) is 86.9 Å². The van der Waals surface area contributed by atoms with Crippen LogP contribution in [0.3, 0.4) is 0 Å². The van der Waals surface area contributed by atoms with E-state index in [9.17, 15) is 9.90 Å². The highest BCUT2D eigenvalue weighted by molar-refractivity contribution is 5.74. The van der Waals surface area contributed by atoms with Gasteiger partial charge in [0, 0.05) is 35.0 Å². The maximum absolute atomic E-state index is 13.5. The predicted octanol–water partition coefficient (Wildman–Crippen LogP) is 7.66. The number of phenols is 1. The van der Waals surface area contributed by atoms with E-state index in [0.717, 1.165) is 60.8 Å². The molecule has 0 aromatic heterocycles. The number of phenolic OH excluding ortho intramolecular Hbond substituents is 1. The molecule has 2 rings (SSSR count). The first-order valence-electron chi connectivity index (χ1n) is 13.5. The summed E-state index contributed by atoms with van der Waals surface area (Å²) in [7, 11) is 2.17. The van der Waals surface area contributed by atoms with Crippen molar-refractivity contribution in [3.8, 4) is 5.75 Å². The number of benzene rings is 1. The fourth-order valence-electron chi connectivity index (χ4n) is 5.51. The largest absolute Gasteiger partial charge is 0.507 e. The van der Waals surface area contributed by atoms with Gasteiger partial charge in [-0.1, -0.05) is 60.1 Å². The second kappa shape index (κ2) is 11.1. The second-order valence-corrected chi connectivity index (χ2v) is 12.9. The highest BCUT2D eigenvalue weighted by Crippen LogP contribution is 2.40. The number of carbonyl (C=O) groups excluding carboxylic acids is 1. The molecular formula is C31H51NO3. The van der Waals surface area contributed by atoms with Crippen molar-refractivity contribution >= 4 is 11.5 Å². The van der Waals surface area contributed by atoms with Crippen LogP contribution in [0.25, 0.3) is 5.57 Å². The SMILES string of the molecule is C=C(CC)c1cc(CC(CCCC)C(=O)OC2CC(C)(C)N(C)C(C)(C)C2)cc(C(C)(C)C)c1O. The van der Waals surface area contributed by atoms with Gasteiger partial charge in [0.2, 0.25) is 0 Å². The molecule has 4 nitrogen and oxygen atoms in total. The number of carbonyl (C=O) groups is 1. The zero-order valence-corrected chi connectivity index (χ0v) is 24.2. The molecule has 0 aliphatic carbocycles. The molecule has 1 aliphatic heterocycles. The Morgan fingerprint density at radius 2 is 1.74 bits per heavy atom. The van der Waals surface area contributed by atoms with Crippen LogP contribution in [0.4, 0.5) is 0 Å². The summed E-state index contributed by atoms with van der Waals surface area (Å²) in [5.41, 5.74) is 3.42. The summed E-state index contributed by atoms with van der Waals surface area (Å²) in [5.74, 6) is 0.0401. The van der Waals surface area contributed by atoms with E-state index < -0.39 is 0 Å². The highest BCUT2D eigenvalue weighted by atomic mass is 16.5. The van der Waals surface area contributed by atoms with Gasteiger partial charge in [-0.25, -0.2) is 0 Å². The molecule has 0 amide bonds. The average Bonchev–Trinajstić information content (AvgIpc) is 2.73. The molecule has 0 radical (unpaired) electrons. The van der Waals surface area contributed by atoms with Gasteiger partial charge in [-0.2, -0.15) is 0 Å². The van der Waals surface area contributed by atoms with Crippen molar-refractivity contribution in [1.29, 1.82) is 0 Å². The maximum Gasteiger partial charge on any atom is 0.309 e. The first kappa shape index (κ1) is 29.4. The van der Waals surface area contributed by atoms with Crippen LogP contribution in [0.5, 0.6) is 5.75 Å². The van der Waals surface area contributed by atoms with Gasteiger partial charge in [0.25, 0.3) is 0 Å². The molecule has 1 aliphatic rings. The van der Waals surface area contributed by atoms with Crippen LogP contribution in [0.1, 0.15) is 118 Å². The molecule has 1 saturated heterocycles. The number of ether oxygens (including phenoxy) is 1. The molecule has 0 saturated carbocycles. The molecule has 1 unspecified atom stereocenters. The van der Waals surface area contributed by atoms with Gasteiger partial charge in [0.15, 0.2) is 0 Å². The molecule has 35 heavy (non-hydrogen) atoms. The van der Waals surface area contributed by atoms with E-state index in [0.29, 0.717) is 12.2 Å². The number of unbranched alkanes of at least 4 members (excludes halogenated alkanes) is 1. The van der Waals surface area contributed by atoms with Crippen molar-refractivity contribution in [3.63, 3.8) is 0 Å². The number of hydrogen-bond acceptors (Lipinski definition) is 4. The van der Waals surface area contributed by atoms with Crippen LogP contribution >= 0.6 is 0 Å². The molecular weight excluding hydrogens is 434 g/mol. The average molecular weight is 486 g/mol. The Labute approximate surface area is 215 Å². The molecule has 4 heteroatoms. The van der Waals surface area contributed by atoms with E-state index in [1.54, 1.807) is 0 Å². The third kappa shape index (κ3) is 7.12. The van der Waals surface area contributed by atoms with Gasteiger partial charge in [-0.3, -0.25) is 9.69 Å². The molecule has 0 spiro atoms. The van der Waals surface area contributed by atoms with Crippen molar-refractivity contribution in [3.05, 3.63) is 35.4 Å². The Kier molecular flexibility index (Phi) is 9.30. The molecule has 1 atom stereocenters. The molecule has 198 valence electrons. The summed E-state index contributed by atoms with van der Waals surface area (Å²) in [6.07, 6.45) is 5.83. The fraction of sp³-hybridized carbons (Fsp3) is 0.710. The number of piperidine rings is 1. The van der Waals surface area contributed by atoms with Gasteiger partial charge in [-0.15, -0.1) is 0 Å². The zero-order valence-electron chi connectivity index (χ0n) is 24.2. The first-order valence-corrected chi connectivity index (χ1v) is 13.5. The minimum absolute atomic E-state index is 0.0282. The van der Waals surface area contributed by atoms with Crippen LogP contribution in [0, 0.1) is 5.92 Å². The van der Waals surface area contributed by atoms with Crippen molar-refractivity contribution in [1.82, 2.24) is 4.90 Å². The van der Waals surface area contributed by atoms with Crippen LogP contribution in [0.15, 0.2) is 18.7 Å². The van der Waals surface area contributed by atoms with Crippen LogP contribution in [-0.4, -0.2) is 40.2 Å². The molecule has 1 N–H and O–H groups in total. The Morgan fingerprint density at radius 3 is 2.23 bits per heavy atom. The summed E-state index contributed by atoms with van der Waals surface area (Å²) < 4.78 is 6.23.